The predicted molar refractivity (Wildman–Crippen MR) is 116 cm³/mol. The molecule has 0 N–H and O–H groups in total. The maximum absolute atomic E-state index is 13.0. The summed E-state index contributed by atoms with van der Waals surface area (Å²) in [6, 6.07) is 0. The van der Waals surface area contributed by atoms with E-state index in [0.29, 0.717) is 17.1 Å². The highest BCUT2D eigenvalue weighted by Gasteiger charge is 2.52. The van der Waals surface area contributed by atoms with Gasteiger partial charge in [0.05, 0.1) is 5.41 Å². The van der Waals surface area contributed by atoms with Gasteiger partial charge in [-0.2, -0.15) is 0 Å². The first-order valence-electron chi connectivity index (χ1n) is 11.8. The molecule has 0 aromatic carbocycles. The van der Waals surface area contributed by atoms with Gasteiger partial charge in [0.15, 0.2) is 5.78 Å². The predicted octanol–water partition coefficient (Wildman–Crippen LogP) is 7.52. The van der Waals surface area contributed by atoms with Crippen LogP contribution in [-0.2, 0) is 4.79 Å². The lowest BCUT2D eigenvalue weighted by Crippen LogP contribution is -2.38. The van der Waals surface area contributed by atoms with Gasteiger partial charge in [-0.3, -0.25) is 4.79 Å². The summed E-state index contributed by atoms with van der Waals surface area (Å²) in [6.07, 6.45) is 17.9. The molecule has 0 aromatic heterocycles. The van der Waals surface area contributed by atoms with Crippen molar-refractivity contribution in [2.45, 2.75) is 98.3 Å². The molecule has 0 unspecified atom stereocenters. The molecule has 1 heteroatoms. The molecule has 3 aliphatic rings. The van der Waals surface area contributed by atoms with E-state index in [0.717, 1.165) is 37.0 Å². The molecule has 1 nitrogen and oxygen atoms in total. The zero-order valence-corrected chi connectivity index (χ0v) is 18.4. The van der Waals surface area contributed by atoms with Crippen molar-refractivity contribution >= 4 is 5.78 Å². The van der Waals surface area contributed by atoms with Gasteiger partial charge in [0.1, 0.15) is 0 Å². The fraction of sp³-hybridized carbons (Fsp3) is 0.808. The first-order valence-corrected chi connectivity index (χ1v) is 11.8. The molecule has 3 rings (SSSR count). The number of hydrogen-bond donors (Lipinski definition) is 0. The van der Waals surface area contributed by atoms with Crippen molar-refractivity contribution in [3.8, 4) is 0 Å². The summed E-state index contributed by atoms with van der Waals surface area (Å²) in [4.78, 5) is 13.0. The van der Waals surface area contributed by atoms with Crippen molar-refractivity contribution in [3.05, 3.63) is 24.3 Å². The van der Waals surface area contributed by atoms with Crippen LogP contribution in [0.5, 0.6) is 0 Å². The van der Waals surface area contributed by atoms with Gasteiger partial charge in [0.25, 0.3) is 0 Å². The van der Waals surface area contributed by atoms with E-state index in [4.69, 9.17) is 0 Å². The van der Waals surface area contributed by atoms with E-state index in [1.54, 1.807) is 0 Å². The first kappa shape index (κ1) is 20.9. The summed E-state index contributed by atoms with van der Waals surface area (Å²) in [6.45, 7) is 13.9. The van der Waals surface area contributed by atoms with E-state index in [1.807, 2.05) is 6.08 Å². The second-order valence-electron chi connectivity index (χ2n) is 10.4. The largest absolute Gasteiger partial charge is 0.294 e. The van der Waals surface area contributed by atoms with Crippen LogP contribution in [-0.4, -0.2) is 5.78 Å². The van der Waals surface area contributed by atoms with E-state index in [9.17, 15) is 4.79 Å². The van der Waals surface area contributed by atoms with Crippen LogP contribution in [0.15, 0.2) is 24.3 Å². The maximum Gasteiger partial charge on any atom is 0.165 e. The fourth-order valence-electron chi connectivity index (χ4n) is 6.73. The third-order valence-corrected chi connectivity index (χ3v) is 8.71. The molecule has 152 valence electrons. The number of hydrogen-bond acceptors (Lipinski definition) is 1. The molecule has 3 saturated carbocycles. The Kier molecular flexibility index (Phi) is 6.38. The van der Waals surface area contributed by atoms with E-state index < -0.39 is 0 Å². The Morgan fingerprint density at radius 3 is 2.59 bits per heavy atom. The highest BCUT2D eigenvalue weighted by molar-refractivity contribution is 5.99. The monoisotopic (exact) mass is 370 g/mol. The van der Waals surface area contributed by atoms with Crippen LogP contribution in [0.2, 0.25) is 0 Å². The minimum Gasteiger partial charge on any atom is -0.294 e. The van der Waals surface area contributed by atoms with Gasteiger partial charge in [-0.1, -0.05) is 71.6 Å². The lowest BCUT2D eigenvalue weighted by atomic mass is 9.60. The van der Waals surface area contributed by atoms with Crippen molar-refractivity contribution in [2.24, 2.45) is 34.5 Å². The van der Waals surface area contributed by atoms with Crippen LogP contribution < -0.4 is 0 Å². The third kappa shape index (κ3) is 3.99. The Labute approximate surface area is 168 Å². The number of ketones is 1. The van der Waals surface area contributed by atoms with E-state index >= 15 is 0 Å². The maximum atomic E-state index is 13.0. The summed E-state index contributed by atoms with van der Waals surface area (Å²) >= 11 is 0. The summed E-state index contributed by atoms with van der Waals surface area (Å²) < 4.78 is 0. The number of carbonyl (C=O) groups excluding carboxylic acids is 1. The van der Waals surface area contributed by atoms with E-state index in [-0.39, 0.29) is 5.41 Å². The minimum absolute atomic E-state index is 0.189. The fourth-order valence-corrected chi connectivity index (χ4v) is 6.73. The zero-order chi connectivity index (χ0) is 19.7. The molecule has 0 bridgehead atoms. The molecule has 3 aliphatic carbocycles. The van der Waals surface area contributed by atoms with Gasteiger partial charge in [-0.05, 0) is 80.1 Å². The third-order valence-electron chi connectivity index (χ3n) is 8.71. The van der Waals surface area contributed by atoms with Gasteiger partial charge >= 0.3 is 0 Å². The second-order valence-corrected chi connectivity index (χ2v) is 10.4. The molecule has 5 atom stereocenters. The zero-order valence-electron chi connectivity index (χ0n) is 18.4. The normalized spacial score (nSPS) is 35.8. The molecular formula is C26H42O. The van der Waals surface area contributed by atoms with Gasteiger partial charge in [-0.15, -0.1) is 0 Å². The SMILES string of the molecule is C=C(CCCCC)C1(C(=O)/C=C/[C@@H](C)[C@H]2CC[C@H]3[C@@H](C)CCC[C@]23C)CC1. The van der Waals surface area contributed by atoms with Crippen molar-refractivity contribution in [1.82, 2.24) is 0 Å². The molecule has 0 amide bonds. The minimum atomic E-state index is -0.189. The average molecular weight is 371 g/mol. The average Bonchev–Trinajstić information content (AvgIpc) is 3.37. The topological polar surface area (TPSA) is 17.1 Å². The quantitative estimate of drug-likeness (QED) is 0.233. The van der Waals surface area contributed by atoms with Crippen LogP contribution in [0.1, 0.15) is 98.3 Å². The molecule has 0 heterocycles. The molecular weight excluding hydrogens is 328 g/mol. The van der Waals surface area contributed by atoms with E-state index in [2.05, 4.69) is 40.3 Å². The molecule has 0 saturated heterocycles. The Morgan fingerprint density at radius 1 is 1.19 bits per heavy atom. The number of carbonyl (C=O) groups is 1. The molecule has 0 aromatic rings. The number of unbranched alkanes of at least 4 members (excludes halogenated alkanes) is 2. The Bertz CT molecular complexity index is 581. The smallest absolute Gasteiger partial charge is 0.165 e. The Hall–Kier alpha value is -0.850. The standard InChI is InChI=1S/C26H42O/c1-6-7-8-11-21(4)26(17-18-26)24(27)15-12-20(3)23-14-13-22-19(2)10-9-16-25(22,23)5/h12,15,19-20,22-23H,4,6-11,13-14,16-18H2,1-3,5H3/b15-12+/t19-,20+,22-,23+,25-/m0/s1. The highest BCUT2D eigenvalue weighted by atomic mass is 16.1. The first-order chi connectivity index (χ1) is 12.8. The molecule has 0 aliphatic heterocycles. The van der Waals surface area contributed by atoms with Crippen LogP contribution in [0.25, 0.3) is 0 Å². The Morgan fingerprint density at radius 2 is 1.93 bits per heavy atom. The summed E-state index contributed by atoms with van der Waals surface area (Å²) in [7, 11) is 0. The van der Waals surface area contributed by atoms with Crippen molar-refractivity contribution < 1.29 is 4.79 Å². The van der Waals surface area contributed by atoms with Crippen LogP contribution in [0, 0.1) is 34.5 Å². The second kappa shape index (κ2) is 8.26. The molecule has 27 heavy (non-hydrogen) atoms. The summed E-state index contributed by atoms with van der Waals surface area (Å²) in [5.41, 5.74) is 1.50. The Balaban J connectivity index is 1.60. The summed E-state index contributed by atoms with van der Waals surface area (Å²) in [5, 5.41) is 0. The van der Waals surface area contributed by atoms with Gasteiger partial charge in [-0.25, -0.2) is 0 Å². The lowest BCUT2D eigenvalue weighted by molar-refractivity contribution is -0.118. The molecule has 3 fully saturated rings. The van der Waals surface area contributed by atoms with Crippen molar-refractivity contribution in [1.29, 1.82) is 0 Å². The summed E-state index contributed by atoms with van der Waals surface area (Å²) in [5.74, 6) is 3.38. The van der Waals surface area contributed by atoms with Crippen molar-refractivity contribution in [3.63, 3.8) is 0 Å². The van der Waals surface area contributed by atoms with Gasteiger partial charge in [0.2, 0.25) is 0 Å². The van der Waals surface area contributed by atoms with Crippen LogP contribution in [0.4, 0.5) is 0 Å². The van der Waals surface area contributed by atoms with Crippen LogP contribution >= 0.6 is 0 Å². The lowest BCUT2D eigenvalue weighted by Gasteiger charge is -2.45. The molecule has 0 spiro atoms. The van der Waals surface area contributed by atoms with Gasteiger partial charge in [0, 0.05) is 0 Å². The van der Waals surface area contributed by atoms with E-state index in [1.165, 1.54) is 56.9 Å². The highest BCUT2D eigenvalue weighted by Crippen LogP contribution is 2.59. The van der Waals surface area contributed by atoms with Crippen molar-refractivity contribution in [2.75, 3.05) is 0 Å². The number of fused-ring (bicyclic) bond motifs is 1. The van der Waals surface area contributed by atoms with Gasteiger partial charge < -0.3 is 0 Å². The number of allylic oxidation sites excluding steroid dienone is 3. The van der Waals surface area contributed by atoms with Crippen LogP contribution in [0.3, 0.4) is 0 Å². The molecule has 0 radical (unpaired) electrons. The number of rotatable bonds is 9.